The maximum absolute atomic E-state index is 13.2. The minimum atomic E-state index is -0.102. The van der Waals surface area contributed by atoms with Crippen molar-refractivity contribution in [2.45, 2.75) is 31.8 Å². The van der Waals surface area contributed by atoms with Gasteiger partial charge in [-0.2, -0.15) is 0 Å². The van der Waals surface area contributed by atoms with Gasteiger partial charge in [-0.25, -0.2) is 0 Å². The molecule has 2 amide bonds. The number of carbonyl (C=O) groups excluding carboxylic acids is 2. The van der Waals surface area contributed by atoms with Crippen molar-refractivity contribution in [3.05, 3.63) is 35.9 Å². The molecule has 8 heteroatoms. The van der Waals surface area contributed by atoms with E-state index in [0.717, 1.165) is 45.6 Å². The number of rotatable bonds is 6. The van der Waals surface area contributed by atoms with Gasteiger partial charge >= 0.3 is 0 Å². The Labute approximate surface area is 189 Å². The highest BCUT2D eigenvalue weighted by molar-refractivity contribution is 7.80. The second kappa shape index (κ2) is 10.1. The quantitative estimate of drug-likeness (QED) is 0.671. The number of piperazine rings is 1. The van der Waals surface area contributed by atoms with E-state index in [0.29, 0.717) is 24.7 Å². The van der Waals surface area contributed by atoms with Crippen molar-refractivity contribution in [2.75, 3.05) is 46.4 Å². The molecule has 2 saturated heterocycles. The molecule has 3 fully saturated rings. The minimum absolute atomic E-state index is 0.0319. The number of amides is 2. The molecular weight excluding hydrogens is 412 g/mol. The molecule has 7 nitrogen and oxygen atoms in total. The lowest BCUT2D eigenvalue weighted by Crippen LogP contribution is -2.62. The third-order valence-corrected chi connectivity index (χ3v) is 7.13. The van der Waals surface area contributed by atoms with Gasteiger partial charge in [0.05, 0.1) is 19.1 Å². The summed E-state index contributed by atoms with van der Waals surface area (Å²) in [6, 6.07) is 10.4. The zero-order valence-electron chi connectivity index (χ0n) is 18.2. The molecule has 2 heterocycles. The molecule has 1 aromatic rings. The zero-order chi connectivity index (χ0) is 21.8. The molecule has 0 radical (unpaired) electrons. The van der Waals surface area contributed by atoms with Crippen LogP contribution in [0.25, 0.3) is 0 Å². The van der Waals surface area contributed by atoms with Gasteiger partial charge in [0.15, 0.2) is 5.11 Å². The maximum Gasteiger partial charge on any atom is 0.233 e. The molecule has 1 aliphatic carbocycles. The molecule has 168 valence electrons. The second-order valence-electron chi connectivity index (χ2n) is 8.74. The van der Waals surface area contributed by atoms with Crippen molar-refractivity contribution in [3.63, 3.8) is 0 Å². The number of ether oxygens (including phenoxy) is 1. The predicted octanol–water partition coefficient (Wildman–Crippen LogP) is 1.48. The normalized spacial score (nSPS) is 27.1. The fourth-order valence-corrected chi connectivity index (χ4v) is 5.34. The van der Waals surface area contributed by atoms with Gasteiger partial charge in [-0.1, -0.05) is 30.3 Å². The summed E-state index contributed by atoms with van der Waals surface area (Å²) >= 11 is 5.42. The average Bonchev–Trinajstić information content (AvgIpc) is 2.79. The molecule has 31 heavy (non-hydrogen) atoms. The number of benzene rings is 1. The van der Waals surface area contributed by atoms with Crippen LogP contribution in [0.5, 0.6) is 0 Å². The van der Waals surface area contributed by atoms with Gasteiger partial charge in [-0.15, -0.1) is 0 Å². The number of thiocarbonyl (C=S) groups is 1. The Morgan fingerprint density at radius 3 is 2.61 bits per heavy atom. The summed E-state index contributed by atoms with van der Waals surface area (Å²) < 4.78 is 5.10. The third-order valence-electron chi connectivity index (χ3n) is 6.79. The molecule has 0 spiro atoms. The lowest BCUT2D eigenvalue weighted by atomic mass is 9.76. The predicted molar refractivity (Wildman–Crippen MR) is 122 cm³/mol. The summed E-state index contributed by atoms with van der Waals surface area (Å²) in [5.74, 6) is 0.178. The molecule has 0 aromatic heterocycles. The fourth-order valence-electron chi connectivity index (χ4n) is 5.01. The lowest BCUT2D eigenvalue weighted by molar-refractivity contribution is -0.143. The van der Waals surface area contributed by atoms with E-state index in [1.807, 2.05) is 11.0 Å². The van der Waals surface area contributed by atoms with Crippen LogP contribution < -0.4 is 5.32 Å². The van der Waals surface area contributed by atoms with Crippen molar-refractivity contribution in [3.8, 4) is 0 Å². The highest BCUT2D eigenvalue weighted by atomic mass is 32.1. The van der Waals surface area contributed by atoms with Crippen molar-refractivity contribution in [1.29, 1.82) is 0 Å². The van der Waals surface area contributed by atoms with Crippen molar-refractivity contribution in [1.82, 2.24) is 20.0 Å². The van der Waals surface area contributed by atoms with E-state index in [9.17, 15) is 9.59 Å². The van der Waals surface area contributed by atoms with Gasteiger partial charge in [0.25, 0.3) is 0 Å². The SMILES string of the molecule is COCCN1C(=O)C2CCC(C(=O)N3CCN(Cc4ccccc4)CC3)CC2NC1=S. The Kier molecular flexibility index (Phi) is 7.20. The Morgan fingerprint density at radius 2 is 1.90 bits per heavy atom. The molecule has 4 rings (SSSR count). The van der Waals surface area contributed by atoms with Crippen LogP contribution in [0.1, 0.15) is 24.8 Å². The highest BCUT2D eigenvalue weighted by Crippen LogP contribution is 2.34. The van der Waals surface area contributed by atoms with E-state index in [4.69, 9.17) is 17.0 Å². The van der Waals surface area contributed by atoms with E-state index < -0.39 is 0 Å². The van der Waals surface area contributed by atoms with Crippen LogP contribution >= 0.6 is 12.2 Å². The van der Waals surface area contributed by atoms with E-state index in [1.165, 1.54) is 5.56 Å². The topological polar surface area (TPSA) is 65.1 Å². The molecule has 3 unspecified atom stereocenters. The number of fused-ring (bicyclic) bond motifs is 1. The summed E-state index contributed by atoms with van der Waals surface area (Å²) in [6.07, 6.45) is 2.17. The maximum atomic E-state index is 13.2. The molecule has 3 aliphatic rings. The Morgan fingerprint density at radius 1 is 1.16 bits per heavy atom. The first-order valence-corrected chi connectivity index (χ1v) is 11.6. The van der Waals surface area contributed by atoms with Gasteiger partial charge < -0.3 is 15.0 Å². The first-order valence-electron chi connectivity index (χ1n) is 11.2. The van der Waals surface area contributed by atoms with Crippen LogP contribution in [0.2, 0.25) is 0 Å². The Balaban J connectivity index is 1.28. The van der Waals surface area contributed by atoms with Crippen LogP contribution in [-0.2, 0) is 20.9 Å². The molecule has 3 atom stereocenters. The lowest BCUT2D eigenvalue weighted by Gasteiger charge is -2.44. The molecule has 1 N–H and O–H groups in total. The van der Waals surface area contributed by atoms with Crippen LogP contribution in [0.3, 0.4) is 0 Å². The van der Waals surface area contributed by atoms with Gasteiger partial charge in [0.1, 0.15) is 0 Å². The zero-order valence-corrected chi connectivity index (χ0v) is 19.0. The number of methoxy groups -OCH3 is 1. The summed E-state index contributed by atoms with van der Waals surface area (Å²) in [6.45, 7) is 5.20. The molecule has 1 saturated carbocycles. The summed E-state index contributed by atoms with van der Waals surface area (Å²) in [5.41, 5.74) is 1.31. The highest BCUT2D eigenvalue weighted by Gasteiger charge is 2.44. The van der Waals surface area contributed by atoms with E-state index in [1.54, 1.807) is 12.0 Å². The van der Waals surface area contributed by atoms with Gasteiger partial charge in [-0.05, 0) is 37.0 Å². The fraction of sp³-hybridized carbons (Fsp3) is 0.609. The Bertz CT molecular complexity index is 797. The van der Waals surface area contributed by atoms with E-state index in [-0.39, 0.29) is 29.7 Å². The standard InChI is InChI=1S/C23H32N4O3S/c1-30-14-13-27-22(29)19-8-7-18(15-20(19)24-23(27)31)21(28)26-11-9-25(10-12-26)16-17-5-3-2-4-6-17/h2-6,18-20H,7-16H2,1H3,(H,24,31). The monoisotopic (exact) mass is 444 g/mol. The van der Waals surface area contributed by atoms with E-state index >= 15 is 0 Å². The molecular formula is C23H32N4O3S. The minimum Gasteiger partial charge on any atom is -0.383 e. The van der Waals surface area contributed by atoms with Crippen LogP contribution in [0, 0.1) is 11.8 Å². The van der Waals surface area contributed by atoms with Crippen molar-refractivity contribution < 1.29 is 14.3 Å². The number of carbonyl (C=O) groups is 2. The average molecular weight is 445 g/mol. The number of nitrogens with one attached hydrogen (secondary N) is 1. The number of nitrogens with zero attached hydrogens (tertiary/aromatic N) is 3. The number of hydrogen-bond acceptors (Lipinski definition) is 5. The second-order valence-corrected chi connectivity index (χ2v) is 9.13. The van der Waals surface area contributed by atoms with Crippen molar-refractivity contribution in [2.24, 2.45) is 11.8 Å². The van der Waals surface area contributed by atoms with Gasteiger partial charge in [0.2, 0.25) is 11.8 Å². The van der Waals surface area contributed by atoms with E-state index in [2.05, 4.69) is 34.5 Å². The smallest absolute Gasteiger partial charge is 0.233 e. The first kappa shape index (κ1) is 22.2. The third kappa shape index (κ3) is 5.07. The molecule has 2 aliphatic heterocycles. The van der Waals surface area contributed by atoms with Crippen LogP contribution in [-0.4, -0.2) is 84.1 Å². The van der Waals surface area contributed by atoms with Gasteiger partial charge in [0, 0.05) is 51.8 Å². The van der Waals surface area contributed by atoms with Crippen LogP contribution in [0.4, 0.5) is 0 Å². The summed E-state index contributed by atoms with van der Waals surface area (Å²) in [4.78, 5) is 32.1. The number of hydrogen-bond donors (Lipinski definition) is 1. The van der Waals surface area contributed by atoms with Gasteiger partial charge in [-0.3, -0.25) is 19.4 Å². The van der Waals surface area contributed by atoms with Crippen molar-refractivity contribution >= 4 is 29.1 Å². The Hall–Kier alpha value is -2.03. The first-order chi connectivity index (χ1) is 15.1. The van der Waals surface area contributed by atoms with Crippen LogP contribution in [0.15, 0.2) is 30.3 Å². The summed E-state index contributed by atoms with van der Waals surface area (Å²) in [5, 5.41) is 3.80. The molecule has 0 bridgehead atoms. The molecule has 1 aromatic carbocycles. The largest absolute Gasteiger partial charge is 0.383 e. The summed E-state index contributed by atoms with van der Waals surface area (Å²) in [7, 11) is 1.62.